The largest absolute Gasteiger partial charge is 0.483 e. The molecule has 0 radical (unpaired) electrons. The summed E-state index contributed by atoms with van der Waals surface area (Å²) in [6.07, 6.45) is -4.54. The van der Waals surface area contributed by atoms with Crippen LogP contribution in [0.3, 0.4) is 0 Å². The van der Waals surface area contributed by atoms with Gasteiger partial charge in [0.15, 0.2) is 6.61 Å². The molecular formula is C12H12BrClF3NO3. The Kier molecular flexibility index (Phi) is 6.76. The van der Waals surface area contributed by atoms with E-state index in [2.05, 4.69) is 15.9 Å². The van der Waals surface area contributed by atoms with Gasteiger partial charge in [0, 0.05) is 11.6 Å². The number of amides is 1. The summed E-state index contributed by atoms with van der Waals surface area (Å²) >= 11 is 8.89. The van der Waals surface area contributed by atoms with E-state index in [1.807, 2.05) is 0 Å². The second kappa shape index (κ2) is 7.86. The fourth-order valence-corrected chi connectivity index (χ4v) is 2.25. The Balaban J connectivity index is 2.64. The molecule has 0 saturated carbocycles. The molecule has 4 nitrogen and oxygen atoms in total. The minimum atomic E-state index is -4.54. The van der Waals surface area contributed by atoms with Gasteiger partial charge < -0.3 is 14.7 Å². The van der Waals surface area contributed by atoms with Gasteiger partial charge >= 0.3 is 6.18 Å². The van der Waals surface area contributed by atoms with Crippen LogP contribution in [0.15, 0.2) is 22.7 Å². The highest BCUT2D eigenvalue weighted by Gasteiger charge is 2.32. The molecule has 0 fully saturated rings. The van der Waals surface area contributed by atoms with Crippen molar-refractivity contribution < 1.29 is 27.8 Å². The second-order valence-corrected chi connectivity index (χ2v) is 5.31. The fourth-order valence-electron chi connectivity index (χ4n) is 1.45. The molecule has 9 heteroatoms. The van der Waals surface area contributed by atoms with Gasteiger partial charge in [-0.3, -0.25) is 4.79 Å². The summed E-state index contributed by atoms with van der Waals surface area (Å²) in [6, 6.07) is 4.54. The monoisotopic (exact) mass is 389 g/mol. The lowest BCUT2D eigenvalue weighted by Crippen LogP contribution is -2.42. The molecule has 0 spiro atoms. The van der Waals surface area contributed by atoms with Crippen LogP contribution in [-0.4, -0.2) is 48.4 Å². The molecular weight excluding hydrogens is 378 g/mol. The van der Waals surface area contributed by atoms with Gasteiger partial charge in [-0.2, -0.15) is 13.2 Å². The molecule has 0 aliphatic heterocycles. The quantitative estimate of drug-likeness (QED) is 0.813. The van der Waals surface area contributed by atoms with Crippen LogP contribution in [0.25, 0.3) is 0 Å². The maximum atomic E-state index is 12.3. The maximum Gasteiger partial charge on any atom is 0.406 e. The van der Waals surface area contributed by atoms with Gasteiger partial charge in [-0.15, -0.1) is 0 Å². The first-order valence-electron chi connectivity index (χ1n) is 5.76. The predicted molar refractivity (Wildman–Crippen MR) is 74.4 cm³/mol. The van der Waals surface area contributed by atoms with Crippen molar-refractivity contribution in [1.82, 2.24) is 4.90 Å². The van der Waals surface area contributed by atoms with Gasteiger partial charge in [0.05, 0.1) is 11.1 Å². The minimum Gasteiger partial charge on any atom is -0.483 e. The normalized spacial score (nSPS) is 11.3. The zero-order chi connectivity index (χ0) is 16.0. The van der Waals surface area contributed by atoms with Crippen molar-refractivity contribution in [3.05, 3.63) is 27.7 Å². The summed E-state index contributed by atoms with van der Waals surface area (Å²) in [5, 5.41) is 9.16. The van der Waals surface area contributed by atoms with Crippen LogP contribution in [0.2, 0.25) is 5.02 Å². The lowest BCUT2D eigenvalue weighted by Gasteiger charge is -2.23. The Morgan fingerprint density at radius 1 is 1.43 bits per heavy atom. The highest BCUT2D eigenvalue weighted by molar-refractivity contribution is 9.10. The summed E-state index contributed by atoms with van der Waals surface area (Å²) in [7, 11) is 0. The van der Waals surface area contributed by atoms with Gasteiger partial charge in [0.2, 0.25) is 0 Å². The SMILES string of the molecule is O=C(COc1ccc(Cl)cc1Br)N(CCO)CC(F)(F)F. The van der Waals surface area contributed by atoms with Crippen LogP contribution < -0.4 is 4.74 Å². The number of hydrogen-bond donors (Lipinski definition) is 1. The Bertz CT molecular complexity index is 499. The van der Waals surface area contributed by atoms with Crippen molar-refractivity contribution in [3.8, 4) is 5.75 Å². The number of ether oxygens (including phenoxy) is 1. The number of nitrogens with zero attached hydrogens (tertiary/aromatic N) is 1. The third kappa shape index (κ3) is 6.54. The van der Waals surface area contributed by atoms with Gasteiger partial charge in [-0.05, 0) is 34.1 Å². The summed E-state index contributed by atoms with van der Waals surface area (Å²) in [5.41, 5.74) is 0. The van der Waals surface area contributed by atoms with Crippen LogP contribution >= 0.6 is 27.5 Å². The minimum absolute atomic E-state index is 0.281. The molecule has 0 atom stereocenters. The number of rotatable bonds is 6. The molecule has 21 heavy (non-hydrogen) atoms. The van der Waals surface area contributed by atoms with Crippen molar-refractivity contribution in [3.63, 3.8) is 0 Å². The van der Waals surface area contributed by atoms with E-state index >= 15 is 0 Å². The fraction of sp³-hybridized carbons (Fsp3) is 0.417. The van der Waals surface area contributed by atoms with E-state index < -0.39 is 38.4 Å². The molecule has 118 valence electrons. The third-order valence-electron chi connectivity index (χ3n) is 2.34. The summed E-state index contributed by atoms with van der Waals surface area (Å²) in [5.74, 6) is -0.591. The standard InChI is InChI=1S/C12H12BrClF3NO3/c13-9-5-8(14)1-2-10(9)21-6-11(20)18(3-4-19)7-12(15,16)17/h1-2,5,19H,3-4,6-7H2. The highest BCUT2D eigenvalue weighted by atomic mass is 79.9. The van der Waals surface area contributed by atoms with Crippen LogP contribution in [0.1, 0.15) is 0 Å². The van der Waals surface area contributed by atoms with Crippen LogP contribution in [0, 0.1) is 0 Å². The molecule has 0 aliphatic rings. The number of alkyl halides is 3. The van der Waals surface area contributed by atoms with E-state index in [9.17, 15) is 18.0 Å². The number of benzene rings is 1. The smallest absolute Gasteiger partial charge is 0.406 e. The predicted octanol–water partition coefficient (Wildman–Crippen LogP) is 2.86. The molecule has 0 aliphatic carbocycles. The van der Waals surface area contributed by atoms with Crippen LogP contribution in [0.4, 0.5) is 13.2 Å². The molecule has 0 aromatic heterocycles. The third-order valence-corrected chi connectivity index (χ3v) is 3.19. The molecule has 1 N–H and O–H groups in total. The average Bonchev–Trinajstić information content (AvgIpc) is 2.35. The first-order chi connectivity index (χ1) is 9.73. The summed E-state index contributed by atoms with van der Waals surface area (Å²) < 4.78 is 42.6. The molecule has 0 bridgehead atoms. The van der Waals surface area contributed by atoms with E-state index in [1.54, 1.807) is 0 Å². The van der Waals surface area contributed by atoms with Gasteiger partial charge in [0.25, 0.3) is 5.91 Å². The second-order valence-electron chi connectivity index (χ2n) is 4.02. The highest BCUT2D eigenvalue weighted by Crippen LogP contribution is 2.28. The van der Waals surface area contributed by atoms with Gasteiger partial charge in [-0.25, -0.2) is 0 Å². The van der Waals surface area contributed by atoms with Crippen LogP contribution in [0.5, 0.6) is 5.75 Å². The lowest BCUT2D eigenvalue weighted by atomic mass is 10.3. The van der Waals surface area contributed by atoms with Crippen molar-refractivity contribution in [2.45, 2.75) is 6.18 Å². The number of carbonyl (C=O) groups is 1. The van der Waals surface area contributed by atoms with Gasteiger partial charge in [0.1, 0.15) is 12.3 Å². The number of aliphatic hydroxyl groups excluding tert-OH is 1. The van der Waals surface area contributed by atoms with Crippen LogP contribution in [-0.2, 0) is 4.79 Å². The number of hydrogen-bond acceptors (Lipinski definition) is 3. The van der Waals surface area contributed by atoms with Crippen molar-refractivity contribution in [1.29, 1.82) is 0 Å². The average molecular weight is 391 g/mol. The molecule has 0 heterocycles. The van der Waals surface area contributed by atoms with E-state index in [1.165, 1.54) is 18.2 Å². The number of aliphatic hydroxyl groups is 1. The molecule has 1 rings (SSSR count). The lowest BCUT2D eigenvalue weighted by molar-refractivity contribution is -0.163. The number of carbonyl (C=O) groups excluding carboxylic acids is 1. The Morgan fingerprint density at radius 3 is 2.62 bits per heavy atom. The first kappa shape index (κ1) is 18.1. The topological polar surface area (TPSA) is 49.8 Å². The summed E-state index contributed by atoms with van der Waals surface area (Å²) in [6.45, 7) is -2.98. The van der Waals surface area contributed by atoms with Crippen molar-refractivity contribution in [2.24, 2.45) is 0 Å². The molecule has 1 aromatic carbocycles. The van der Waals surface area contributed by atoms with E-state index in [0.717, 1.165) is 0 Å². The molecule has 1 amide bonds. The van der Waals surface area contributed by atoms with E-state index in [-0.39, 0.29) is 5.75 Å². The van der Waals surface area contributed by atoms with E-state index in [0.29, 0.717) is 14.4 Å². The Morgan fingerprint density at radius 2 is 2.10 bits per heavy atom. The molecule has 1 aromatic rings. The zero-order valence-corrected chi connectivity index (χ0v) is 13.0. The van der Waals surface area contributed by atoms with Gasteiger partial charge in [-0.1, -0.05) is 11.6 Å². The Hall–Kier alpha value is -0.990. The van der Waals surface area contributed by atoms with E-state index in [4.69, 9.17) is 21.4 Å². The first-order valence-corrected chi connectivity index (χ1v) is 6.93. The maximum absolute atomic E-state index is 12.3. The zero-order valence-electron chi connectivity index (χ0n) is 10.7. The Labute approximate surface area is 132 Å². The molecule has 0 unspecified atom stereocenters. The molecule has 0 saturated heterocycles. The number of halogens is 5. The van der Waals surface area contributed by atoms with Crippen molar-refractivity contribution in [2.75, 3.05) is 26.3 Å². The van der Waals surface area contributed by atoms with Crippen molar-refractivity contribution >= 4 is 33.4 Å². The summed E-state index contributed by atoms with van der Waals surface area (Å²) in [4.78, 5) is 12.2.